The third-order valence-electron chi connectivity index (χ3n) is 3.44. The second kappa shape index (κ2) is 6.41. The molecule has 0 bridgehead atoms. The number of rotatable bonds is 2. The molecule has 1 atom stereocenters. The Kier molecular flexibility index (Phi) is 4.35. The van der Waals surface area contributed by atoms with Crippen molar-refractivity contribution >= 4 is 23.1 Å². The second-order valence-corrected chi connectivity index (χ2v) is 5.70. The zero-order valence-corrected chi connectivity index (χ0v) is 12.4. The third kappa shape index (κ3) is 3.26. The number of hydrogen-bond acceptors (Lipinski definition) is 3. The molecule has 2 amide bonds. The van der Waals surface area contributed by atoms with Gasteiger partial charge in [-0.2, -0.15) is 11.3 Å². The van der Waals surface area contributed by atoms with E-state index in [1.54, 1.807) is 4.90 Å². The fraction of sp³-hybridized carbons (Fsp3) is 0.267. The number of hydrogen-bond donors (Lipinski definition) is 1. The maximum Gasteiger partial charge on any atom is 0.322 e. The molecule has 0 radical (unpaired) electrons. The lowest BCUT2D eigenvalue weighted by Gasteiger charge is -2.33. The highest BCUT2D eigenvalue weighted by Crippen LogP contribution is 2.24. The fourth-order valence-electron chi connectivity index (χ4n) is 2.29. The average molecular weight is 324 g/mol. The molecule has 116 valence electrons. The summed E-state index contributed by atoms with van der Waals surface area (Å²) >= 11 is 1.49. The van der Waals surface area contributed by atoms with E-state index in [4.69, 9.17) is 4.74 Å². The van der Waals surface area contributed by atoms with E-state index in [-0.39, 0.29) is 6.03 Å². The van der Waals surface area contributed by atoms with Gasteiger partial charge in [-0.05, 0) is 29.1 Å². The molecule has 1 aromatic carbocycles. The summed E-state index contributed by atoms with van der Waals surface area (Å²) in [6.07, 6.45) is -0.461. The maximum absolute atomic E-state index is 13.3. The summed E-state index contributed by atoms with van der Waals surface area (Å²) < 4.78 is 31.9. The number of urea groups is 1. The molecule has 1 aromatic heterocycles. The molecule has 1 fully saturated rings. The lowest BCUT2D eigenvalue weighted by Crippen LogP contribution is -2.44. The van der Waals surface area contributed by atoms with Crippen molar-refractivity contribution in [1.29, 1.82) is 0 Å². The Bertz CT molecular complexity index is 664. The molecule has 1 aliphatic heterocycles. The van der Waals surface area contributed by atoms with Crippen LogP contribution in [0.25, 0.3) is 0 Å². The minimum atomic E-state index is -0.916. The highest BCUT2D eigenvalue weighted by molar-refractivity contribution is 7.08. The molecule has 1 aliphatic rings. The average Bonchev–Trinajstić information content (AvgIpc) is 3.03. The van der Waals surface area contributed by atoms with E-state index in [1.807, 2.05) is 16.8 Å². The number of carbonyl (C=O) groups is 1. The Balaban J connectivity index is 1.68. The van der Waals surface area contributed by atoms with E-state index >= 15 is 0 Å². The van der Waals surface area contributed by atoms with Crippen molar-refractivity contribution in [1.82, 2.24) is 4.90 Å². The first-order valence-corrected chi connectivity index (χ1v) is 7.72. The minimum absolute atomic E-state index is 0.228. The number of nitrogens with zero attached hydrogens (tertiary/aromatic N) is 1. The predicted molar refractivity (Wildman–Crippen MR) is 80.0 cm³/mol. The molecule has 0 aliphatic carbocycles. The van der Waals surface area contributed by atoms with Gasteiger partial charge in [0.2, 0.25) is 0 Å². The van der Waals surface area contributed by atoms with E-state index in [9.17, 15) is 13.6 Å². The highest BCUT2D eigenvalue weighted by atomic mass is 32.1. The monoisotopic (exact) mass is 324 g/mol. The summed E-state index contributed by atoms with van der Waals surface area (Å²) in [4.78, 5) is 13.8. The molecule has 7 heteroatoms. The SMILES string of the molecule is O=C(Nc1ccsc1)N1CCO[C@@H](c2ccc(F)c(F)c2)C1. The normalized spacial score (nSPS) is 18.3. The van der Waals surface area contributed by atoms with E-state index in [0.717, 1.165) is 17.8 Å². The first-order chi connectivity index (χ1) is 10.6. The number of amides is 2. The van der Waals surface area contributed by atoms with Gasteiger partial charge >= 0.3 is 6.03 Å². The second-order valence-electron chi connectivity index (χ2n) is 4.92. The summed E-state index contributed by atoms with van der Waals surface area (Å²) in [5, 5.41) is 6.50. The van der Waals surface area contributed by atoms with Gasteiger partial charge in [-0.1, -0.05) is 6.07 Å². The molecule has 1 saturated heterocycles. The van der Waals surface area contributed by atoms with Crippen LogP contribution >= 0.6 is 11.3 Å². The standard InChI is InChI=1S/C15H14F2N2O2S/c16-12-2-1-10(7-13(12)17)14-8-19(4-5-21-14)15(20)18-11-3-6-22-9-11/h1-3,6-7,9,14H,4-5,8H2,(H,18,20)/t14-/m1/s1. The van der Waals surface area contributed by atoms with E-state index < -0.39 is 17.7 Å². The van der Waals surface area contributed by atoms with Crippen molar-refractivity contribution < 1.29 is 18.3 Å². The number of benzene rings is 1. The molecule has 4 nitrogen and oxygen atoms in total. The molecule has 2 heterocycles. The largest absolute Gasteiger partial charge is 0.370 e. The topological polar surface area (TPSA) is 41.6 Å². The van der Waals surface area contributed by atoms with Crippen molar-refractivity contribution in [3.8, 4) is 0 Å². The molecule has 0 spiro atoms. The van der Waals surface area contributed by atoms with Crippen molar-refractivity contribution in [2.24, 2.45) is 0 Å². The van der Waals surface area contributed by atoms with Gasteiger partial charge in [0.15, 0.2) is 11.6 Å². The molecule has 22 heavy (non-hydrogen) atoms. The lowest BCUT2D eigenvalue weighted by atomic mass is 10.1. The maximum atomic E-state index is 13.3. The zero-order chi connectivity index (χ0) is 15.5. The molecule has 2 aromatic rings. The number of halogens is 2. The number of nitrogens with one attached hydrogen (secondary N) is 1. The Morgan fingerprint density at radius 1 is 1.32 bits per heavy atom. The van der Waals surface area contributed by atoms with Gasteiger partial charge in [0.1, 0.15) is 6.10 Å². The third-order valence-corrected chi connectivity index (χ3v) is 4.12. The van der Waals surface area contributed by atoms with Crippen LogP contribution in [0.2, 0.25) is 0 Å². The van der Waals surface area contributed by atoms with Crippen molar-refractivity contribution in [2.75, 3.05) is 25.0 Å². The number of morpholine rings is 1. The van der Waals surface area contributed by atoms with Gasteiger partial charge in [-0.15, -0.1) is 0 Å². The van der Waals surface area contributed by atoms with Gasteiger partial charge < -0.3 is 15.0 Å². The van der Waals surface area contributed by atoms with Crippen molar-refractivity contribution in [3.05, 3.63) is 52.2 Å². The van der Waals surface area contributed by atoms with E-state index in [1.165, 1.54) is 17.4 Å². The molecule has 3 rings (SSSR count). The van der Waals surface area contributed by atoms with Crippen molar-refractivity contribution in [2.45, 2.75) is 6.10 Å². The van der Waals surface area contributed by atoms with Crippen LogP contribution in [-0.2, 0) is 4.74 Å². The van der Waals surface area contributed by atoms with Crippen LogP contribution in [0.4, 0.5) is 19.3 Å². The zero-order valence-electron chi connectivity index (χ0n) is 11.6. The van der Waals surface area contributed by atoms with E-state index in [0.29, 0.717) is 25.3 Å². The molecular weight excluding hydrogens is 310 g/mol. The molecular formula is C15H14F2N2O2S. The Hall–Kier alpha value is -1.99. The van der Waals surface area contributed by atoms with Crippen LogP contribution < -0.4 is 5.32 Å². The minimum Gasteiger partial charge on any atom is -0.370 e. The van der Waals surface area contributed by atoms with Crippen LogP contribution in [0, 0.1) is 11.6 Å². The number of anilines is 1. The Morgan fingerprint density at radius 3 is 2.91 bits per heavy atom. The van der Waals surface area contributed by atoms with Gasteiger partial charge in [0.05, 0.1) is 18.8 Å². The molecule has 0 unspecified atom stereocenters. The lowest BCUT2D eigenvalue weighted by molar-refractivity contribution is -0.0136. The quantitative estimate of drug-likeness (QED) is 0.916. The number of ether oxygens (including phenoxy) is 1. The summed E-state index contributed by atoms with van der Waals surface area (Å²) in [6.45, 7) is 1.10. The molecule has 1 N–H and O–H groups in total. The smallest absolute Gasteiger partial charge is 0.322 e. The molecule has 0 saturated carbocycles. The summed E-state index contributed by atoms with van der Waals surface area (Å²) in [5.74, 6) is -1.81. The van der Waals surface area contributed by atoms with Crippen LogP contribution in [0.5, 0.6) is 0 Å². The van der Waals surface area contributed by atoms with Crippen LogP contribution in [-0.4, -0.2) is 30.6 Å². The van der Waals surface area contributed by atoms with Crippen LogP contribution in [0.3, 0.4) is 0 Å². The summed E-state index contributed by atoms with van der Waals surface area (Å²) in [5.41, 5.74) is 1.26. The van der Waals surface area contributed by atoms with Gasteiger partial charge in [-0.3, -0.25) is 0 Å². The summed E-state index contributed by atoms with van der Waals surface area (Å²) in [7, 11) is 0. The Labute approximate surface area is 130 Å². The van der Waals surface area contributed by atoms with Crippen molar-refractivity contribution in [3.63, 3.8) is 0 Å². The highest BCUT2D eigenvalue weighted by Gasteiger charge is 2.26. The van der Waals surface area contributed by atoms with Gasteiger partial charge in [0.25, 0.3) is 0 Å². The first kappa shape index (κ1) is 14.9. The van der Waals surface area contributed by atoms with Gasteiger partial charge in [0, 0.05) is 11.9 Å². The summed E-state index contributed by atoms with van der Waals surface area (Å²) in [6, 6.07) is 5.24. The predicted octanol–water partition coefficient (Wildman–Crippen LogP) is 3.63. The first-order valence-electron chi connectivity index (χ1n) is 6.78. The van der Waals surface area contributed by atoms with E-state index in [2.05, 4.69) is 5.32 Å². The number of carbonyl (C=O) groups excluding carboxylic acids is 1. The number of thiophene rings is 1. The van der Waals surface area contributed by atoms with Gasteiger partial charge in [-0.25, -0.2) is 13.6 Å². The van der Waals surface area contributed by atoms with Crippen LogP contribution in [0.15, 0.2) is 35.0 Å². The fourth-order valence-corrected chi connectivity index (χ4v) is 2.87. The van der Waals surface area contributed by atoms with Crippen LogP contribution in [0.1, 0.15) is 11.7 Å². The Morgan fingerprint density at radius 2 is 2.18 bits per heavy atom.